The topological polar surface area (TPSA) is 24.8 Å². The van der Waals surface area contributed by atoms with Gasteiger partial charge >= 0.3 is 0 Å². The molecule has 0 aromatic heterocycles. The molecule has 0 amide bonds. The summed E-state index contributed by atoms with van der Waals surface area (Å²) in [6, 6.07) is 7.97. The normalized spacial score (nSPS) is 15.6. The molecule has 2 rings (SSSR count). The van der Waals surface area contributed by atoms with E-state index in [1.165, 1.54) is 0 Å². The largest absolute Gasteiger partial charge is 0.497 e. The summed E-state index contributed by atoms with van der Waals surface area (Å²) < 4.78 is 5.10. The van der Waals surface area contributed by atoms with Crippen LogP contribution in [0.3, 0.4) is 0 Å². The Hall–Kier alpha value is -1.16. The molecule has 0 radical (unpaired) electrons. The first-order valence-corrected chi connectivity index (χ1v) is 5.35. The Kier molecular flexibility index (Phi) is 2.63. The number of hydrazone groups is 1. The maximum Gasteiger partial charge on any atom is 0.125 e. The smallest absolute Gasteiger partial charge is 0.125 e. The van der Waals surface area contributed by atoms with Crippen molar-refractivity contribution in [2.75, 3.05) is 20.0 Å². The van der Waals surface area contributed by atoms with E-state index in [2.05, 4.69) is 5.10 Å². The van der Waals surface area contributed by atoms with Gasteiger partial charge in [0.05, 0.1) is 13.0 Å². The summed E-state index contributed by atoms with van der Waals surface area (Å²) in [6.45, 7) is 0. The minimum atomic E-state index is 0.880. The molecule has 0 N–H and O–H groups in total. The van der Waals surface area contributed by atoms with Gasteiger partial charge in [-0.25, -0.2) is 0 Å². The third kappa shape index (κ3) is 1.85. The molecule has 0 spiro atoms. The van der Waals surface area contributed by atoms with Crippen LogP contribution < -0.4 is 4.74 Å². The van der Waals surface area contributed by atoms with E-state index >= 15 is 0 Å². The lowest BCUT2D eigenvalue weighted by Gasteiger charge is -2.01. The number of hydrogen-bond donors (Lipinski definition) is 0. The van der Waals surface area contributed by atoms with E-state index in [-0.39, 0.29) is 0 Å². The lowest BCUT2D eigenvalue weighted by molar-refractivity contribution is 0.415. The summed E-state index contributed by atoms with van der Waals surface area (Å²) in [6.07, 6.45) is 0. The molecule has 1 aliphatic heterocycles. The monoisotopic (exact) mass is 208 g/mol. The zero-order chi connectivity index (χ0) is 9.97. The fourth-order valence-corrected chi connectivity index (χ4v) is 2.11. The second-order valence-corrected chi connectivity index (χ2v) is 4.00. The zero-order valence-corrected chi connectivity index (χ0v) is 9.04. The Labute approximate surface area is 87.7 Å². The van der Waals surface area contributed by atoms with Gasteiger partial charge in [-0.1, -0.05) is 11.8 Å². The number of thioether (sulfide) groups is 1. The van der Waals surface area contributed by atoms with Gasteiger partial charge in [0.15, 0.2) is 0 Å². The number of hydrogen-bond acceptors (Lipinski definition) is 4. The molecule has 1 aromatic rings. The van der Waals surface area contributed by atoms with Gasteiger partial charge < -0.3 is 4.74 Å². The van der Waals surface area contributed by atoms with Crippen LogP contribution in [0.25, 0.3) is 0 Å². The van der Waals surface area contributed by atoms with Gasteiger partial charge in [0.2, 0.25) is 0 Å². The van der Waals surface area contributed by atoms with Crippen molar-refractivity contribution in [2.45, 2.75) is 0 Å². The van der Waals surface area contributed by atoms with Gasteiger partial charge in [-0.3, -0.25) is 5.01 Å². The maximum absolute atomic E-state index is 5.10. The molecule has 1 aliphatic rings. The highest BCUT2D eigenvalue weighted by molar-refractivity contribution is 8.14. The molecule has 3 nitrogen and oxygen atoms in total. The van der Waals surface area contributed by atoms with E-state index in [9.17, 15) is 0 Å². The minimum absolute atomic E-state index is 0.880. The van der Waals surface area contributed by atoms with Gasteiger partial charge in [0.1, 0.15) is 10.8 Å². The standard InChI is InChI=1S/C10H12N2OS/c1-12-7-14-10(11-12)8-3-5-9(13-2)6-4-8/h3-6H,7H2,1-2H3. The highest BCUT2D eigenvalue weighted by Crippen LogP contribution is 2.22. The van der Waals surface area contributed by atoms with Crippen molar-refractivity contribution < 1.29 is 4.74 Å². The van der Waals surface area contributed by atoms with Crippen molar-refractivity contribution in [2.24, 2.45) is 5.10 Å². The molecular weight excluding hydrogens is 196 g/mol. The van der Waals surface area contributed by atoms with E-state index in [0.29, 0.717) is 0 Å². The highest BCUT2D eigenvalue weighted by Gasteiger charge is 2.13. The Morgan fingerprint density at radius 2 is 2.07 bits per heavy atom. The van der Waals surface area contributed by atoms with Gasteiger partial charge in [-0.05, 0) is 24.3 Å². The predicted molar refractivity (Wildman–Crippen MR) is 59.8 cm³/mol. The number of rotatable bonds is 2. The van der Waals surface area contributed by atoms with Gasteiger partial charge in [-0.2, -0.15) is 5.10 Å². The van der Waals surface area contributed by atoms with Crippen LogP contribution in [0.15, 0.2) is 29.4 Å². The zero-order valence-electron chi connectivity index (χ0n) is 8.23. The minimum Gasteiger partial charge on any atom is -0.497 e. The average Bonchev–Trinajstić information content (AvgIpc) is 2.65. The third-order valence-corrected chi connectivity index (χ3v) is 3.08. The molecule has 1 aromatic carbocycles. The molecule has 0 saturated heterocycles. The lowest BCUT2D eigenvalue weighted by Crippen LogP contribution is -2.02. The molecular formula is C10H12N2OS. The van der Waals surface area contributed by atoms with Crippen LogP contribution >= 0.6 is 11.8 Å². The predicted octanol–water partition coefficient (Wildman–Crippen LogP) is 1.99. The number of methoxy groups -OCH3 is 1. The molecule has 0 saturated carbocycles. The molecule has 4 heteroatoms. The van der Waals surface area contributed by atoms with Crippen molar-refractivity contribution >= 4 is 16.8 Å². The Bertz CT molecular complexity index is 348. The summed E-state index contributed by atoms with van der Waals surface area (Å²) in [4.78, 5) is 0. The average molecular weight is 208 g/mol. The number of benzene rings is 1. The molecule has 14 heavy (non-hydrogen) atoms. The van der Waals surface area contributed by atoms with Gasteiger partial charge in [0.25, 0.3) is 0 Å². The Balaban J connectivity index is 2.21. The maximum atomic E-state index is 5.10. The third-order valence-electron chi connectivity index (χ3n) is 1.99. The number of ether oxygens (including phenoxy) is 1. The molecule has 0 bridgehead atoms. The van der Waals surface area contributed by atoms with E-state index in [1.54, 1.807) is 18.9 Å². The van der Waals surface area contributed by atoms with Gasteiger partial charge in [0, 0.05) is 12.6 Å². The highest BCUT2D eigenvalue weighted by atomic mass is 32.2. The molecule has 0 aliphatic carbocycles. The fraction of sp³-hybridized carbons (Fsp3) is 0.300. The molecule has 74 valence electrons. The quantitative estimate of drug-likeness (QED) is 0.743. The van der Waals surface area contributed by atoms with Crippen LogP contribution in [0.2, 0.25) is 0 Å². The summed E-state index contributed by atoms with van der Waals surface area (Å²) in [5.74, 6) is 1.81. The first kappa shape index (κ1) is 9.40. The molecule has 1 heterocycles. The Morgan fingerprint density at radius 1 is 1.36 bits per heavy atom. The molecule has 0 atom stereocenters. The van der Waals surface area contributed by atoms with Crippen LogP contribution in [0.5, 0.6) is 5.75 Å². The second-order valence-electron chi connectivity index (χ2n) is 3.06. The van der Waals surface area contributed by atoms with Crippen molar-refractivity contribution in [3.8, 4) is 5.75 Å². The van der Waals surface area contributed by atoms with Crippen LogP contribution in [-0.4, -0.2) is 30.1 Å². The SMILES string of the molecule is COc1ccc(C2=NN(C)CS2)cc1. The van der Waals surface area contributed by atoms with Gasteiger partial charge in [-0.15, -0.1) is 0 Å². The van der Waals surface area contributed by atoms with Crippen LogP contribution in [0.4, 0.5) is 0 Å². The van der Waals surface area contributed by atoms with E-state index in [0.717, 1.165) is 22.2 Å². The molecule has 0 fully saturated rings. The summed E-state index contributed by atoms with van der Waals surface area (Å²) in [7, 11) is 3.65. The van der Waals surface area contributed by atoms with Crippen LogP contribution in [0, 0.1) is 0 Å². The van der Waals surface area contributed by atoms with E-state index in [1.807, 2.05) is 36.3 Å². The number of nitrogens with zero attached hydrogens (tertiary/aromatic N) is 2. The fourth-order valence-electron chi connectivity index (χ4n) is 1.24. The van der Waals surface area contributed by atoms with Crippen molar-refractivity contribution in [1.82, 2.24) is 5.01 Å². The first-order valence-electron chi connectivity index (χ1n) is 4.36. The van der Waals surface area contributed by atoms with Crippen molar-refractivity contribution in [3.05, 3.63) is 29.8 Å². The summed E-state index contributed by atoms with van der Waals surface area (Å²) in [5, 5.41) is 7.40. The summed E-state index contributed by atoms with van der Waals surface area (Å²) >= 11 is 1.75. The van der Waals surface area contributed by atoms with Crippen LogP contribution in [0.1, 0.15) is 5.56 Å². The first-order chi connectivity index (χ1) is 6.79. The second kappa shape index (κ2) is 3.92. The Morgan fingerprint density at radius 3 is 2.57 bits per heavy atom. The van der Waals surface area contributed by atoms with Crippen LogP contribution in [-0.2, 0) is 0 Å². The van der Waals surface area contributed by atoms with Crippen molar-refractivity contribution in [1.29, 1.82) is 0 Å². The summed E-state index contributed by atoms with van der Waals surface area (Å²) in [5.41, 5.74) is 1.15. The molecule has 0 unspecified atom stereocenters. The lowest BCUT2D eigenvalue weighted by atomic mass is 10.2. The van der Waals surface area contributed by atoms with E-state index < -0.39 is 0 Å². The van der Waals surface area contributed by atoms with E-state index in [4.69, 9.17) is 4.74 Å². The van der Waals surface area contributed by atoms with Crippen molar-refractivity contribution in [3.63, 3.8) is 0 Å².